The van der Waals surface area contributed by atoms with Gasteiger partial charge in [-0.25, -0.2) is 0 Å². The van der Waals surface area contributed by atoms with Crippen LogP contribution in [0.4, 0.5) is 0 Å². The fraction of sp³-hybridized carbons (Fsp3) is 0.333. The number of amides is 1. The zero-order chi connectivity index (χ0) is 19.0. The highest BCUT2D eigenvalue weighted by molar-refractivity contribution is 6.87. The van der Waals surface area contributed by atoms with Gasteiger partial charge < -0.3 is 14.1 Å². The first kappa shape index (κ1) is 17.9. The molecular weight excluding hydrogens is 356 g/mol. The van der Waals surface area contributed by atoms with Crippen LogP contribution in [-0.4, -0.2) is 50.2 Å². The Bertz CT molecular complexity index is 985. The van der Waals surface area contributed by atoms with E-state index in [0.717, 1.165) is 27.6 Å². The molecule has 1 fully saturated rings. The van der Waals surface area contributed by atoms with Gasteiger partial charge in [-0.15, -0.1) is 0 Å². The third-order valence-electron chi connectivity index (χ3n) is 4.87. The van der Waals surface area contributed by atoms with Crippen molar-refractivity contribution in [2.75, 3.05) is 26.3 Å². The molecule has 3 heterocycles. The Hall–Kier alpha value is -2.44. The second-order valence-corrected chi connectivity index (χ2v) is 12.9. The van der Waals surface area contributed by atoms with Gasteiger partial charge in [-0.2, -0.15) is 0 Å². The third-order valence-corrected chi connectivity index (χ3v) is 6.59. The van der Waals surface area contributed by atoms with Crippen LogP contribution in [0, 0.1) is 0 Å². The molecule has 0 unspecified atom stereocenters. The van der Waals surface area contributed by atoms with Crippen LogP contribution in [0.1, 0.15) is 10.4 Å². The molecule has 1 aliphatic heterocycles. The molecule has 0 spiro atoms. The number of nitrogens with zero attached hydrogens (tertiary/aromatic N) is 2. The predicted molar refractivity (Wildman–Crippen MR) is 109 cm³/mol. The summed E-state index contributed by atoms with van der Waals surface area (Å²) in [5, 5.41) is 1.04. The maximum absolute atomic E-state index is 12.8. The minimum Gasteiger partial charge on any atom is -0.464 e. The van der Waals surface area contributed by atoms with Gasteiger partial charge in [0.05, 0.1) is 18.6 Å². The lowest BCUT2D eigenvalue weighted by atomic mass is 10.0. The lowest BCUT2D eigenvalue weighted by Gasteiger charge is -2.27. The zero-order valence-electron chi connectivity index (χ0n) is 16.0. The molecule has 2 aromatic heterocycles. The van der Waals surface area contributed by atoms with Crippen LogP contribution < -0.4 is 5.38 Å². The van der Waals surface area contributed by atoms with Crippen LogP contribution in [0.3, 0.4) is 0 Å². The molecule has 140 valence electrons. The highest BCUT2D eigenvalue weighted by atomic mass is 28.3. The molecule has 5 nitrogen and oxygen atoms in total. The van der Waals surface area contributed by atoms with Crippen molar-refractivity contribution >= 4 is 30.5 Å². The Labute approximate surface area is 160 Å². The molecule has 0 N–H and O–H groups in total. The first-order valence-corrected chi connectivity index (χ1v) is 12.8. The second-order valence-electron chi connectivity index (χ2n) is 7.92. The summed E-state index contributed by atoms with van der Waals surface area (Å²) < 4.78 is 11.6. The highest BCUT2D eigenvalue weighted by Crippen LogP contribution is 2.29. The molecule has 0 bridgehead atoms. The number of furan rings is 1. The molecule has 0 saturated carbocycles. The number of carbonyl (C=O) groups excluding carboxylic acids is 1. The first-order chi connectivity index (χ1) is 12.9. The number of pyridine rings is 1. The molecule has 1 amide bonds. The lowest BCUT2D eigenvalue weighted by Crippen LogP contribution is -2.40. The van der Waals surface area contributed by atoms with E-state index in [9.17, 15) is 4.79 Å². The number of ether oxygens (including phenoxy) is 1. The van der Waals surface area contributed by atoms with Crippen LogP contribution >= 0.6 is 0 Å². The standard InChI is InChI=1S/C21H24N2O3Si/c1-27(2,3)19-14-18-20(26-19)17(7-8-22-18)15-5-4-6-16(13-15)21(24)23-9-11-25-12-10-23/h4-8,13-14H,9-12H2,1-3H3. The summed E-state index contributed by atoms with van der Waals surface area (Å²) in [6.07, 6.45) is 1.80. The maximum Gasteiger partial charge on any atom is 0.254 e. The summed E-state index contributed by atoms with van der Waals surface area (Å²) in [4.78, 5) is 19.1. The first-order valence-electron chi connectivity index (χ1n) is 9.30. The Balaban J connectivity index is 1.73. The van der Waals surface area contributed by atoms with Crippen molar-refractivity contribution in [1.82, 2.24) is 9.88 Å². The SMILES string of the molecule is C[Si](C)(C)c1cc2nccc(-c3cccc(C(=O)N4CCOCC4)c3)c2o1. The topological polar surface area (TPSA) is 55.6 Å². The maximum atomic E-state index is 12.8. The van der Waals surface area contributed by atoms with E-state index in [-0.39, 0.29) is 5.91 Å². The van der Waals surface area contributed by atoms with Crippen LogP contribution in [0.15, 0.2) is 47.0 Å². The smallest absolute Gasteiger partial charge is 0.254 e. The van der Waals surface area contributed by atoms with Crippen molar-refractivity contribution in [2.24, 2.45) is 0 Å². The third kappa shape index (κ3) is 3.55. The van der Waals surface area contributed by atoms with Gasteiger partial charge in [0.15, 0.2) is 5.58 Å². The average Bonchev–Trinajstić information content (AvgIpc) is 3.13. The van der Waals surface area contributed by atoms with E-state index in [1.807, 2.05) is 35.2 Å². The van der Waals surface area contributed by atoms with Crippen LogP contribution in [0.2, 0.25) is 19.6 Å². The quantitative estimate of drug-likeness (QED) is 0.653. The summed E-state index contributed by atoms with van der Waals surface area (Å²) in [5.74, 6) is 0.0488. The monoisotopic (exact) mass is 380 g/mol. The average molecular weight is 381 g/mol. The molecule has 4 rings (SSSR count). The Morgan fingerprint density at radius 1 is 1.11 bits per heavy atom. The Kier molecular flexibility index (Phi) is 4.61. The van der Waals surface area contributed by atoms with E-state index < -0.39 is 8.07 Å². The van der Waals surface area contributed by atoms with Crippen molar-refractivity contribution in [3.05, 3.63) is 48.2 Å². The van der Waals surface area contributed by atoms with Crippen molar-refractivity contribution < 1.29 is 13.9 Å². The minimum atomic E-state index is -1.57. The Morgan fingerprint density at radius 2 is 1.89 bits per heavy atom. The number of hydrogen-bond acceptors (Lipinski definition) is 4. The van der Waals surface area contributed by atoms with E-state index in [1.54, 1.807) is 6.20 Å². The van der Waals surface area contributed by atoms with E-state index in [0.29, 0.717) is 31.9 Å². The van der Waals surface area contributed by atoms with E-state index in [2.05, 4.69) is 30.7 Å². The number of fused-ring (bicyclic) bond motifs is 1. The van der Waals surface area contributed by atoms with Gasteiger partial charge in [0.1, 0.15) is 13.6 Å². The molecule has 6 heteroatoms. The molecular formula is C21H24N2O3Si. The van der Waals surface area contributed by atoms with Crippen molar-refractivity contribution in [3.8, 4) is 11.1 Å². The van der Waals surface area contributed by atoms with Crippen LogP contribution in [-0.2, 0) is 4.74 Å². The van der Waals surface area contributed by atoms with Gasteiger partial charge >= 0.3 is 0 Å². The molecule has 27 heavy (non-hydrogen) atoms. The molecule has 3 aromatic rings. The fourth-order valence-corrected chi connectivity index (χ4v) is 4.28. The van der Waals surface area contributed by atoms with E-state index in [1.165, 1.54) is 0 Å². The predicted octanol–water partition coefficient (Wildman–Crippen LogP) is 3.51. The number of benzene rings is 1. The normalized spacial score (nSPS) is 15.3. The lowest BCUT2D eigenvalue weighted by molar-refractivity contribution is 0.0303. The number of carbonyl (C=O) groups is 1. The highest BCUT2D eigenvalue weighted by Gasteiger charge is 2.24. The molecule has 0 aliphatic carbocycles. The molecule has 1 saturated heterocycles. The second kappa shape index (κ2) is 6.94. The summed E-state index contributed by atoms with van der Waals surface area (Å²) >= 11 is 0. The van der Waals surface area contributed by atoms with Crippen molar-refractivity contribution in [1.29, 1.82) is 0 Å². The van der Waals surface area contributed by atoms with Gasteiger partial charge in [0, 0.05) is 36.5 Å². The minimum absolute atomic E-state index is 0.0488. The summed E-state index contributed by atoms with van der Waals surface area (Å²) in [7, 11) is -1.57. The van der Waals surface area contributed by atoms with Gasteiger partial charge in [-0.3, -0.25) is 9.78 Å². The summed E-state index contributed by atoms with van der Waals surface area (Å²) in [6, 6.07) is 11.8. The summed E-state index contributed by atoms with van der Waals surface area (Å²) in [5.41, 5.74) is 4.30. The van der Waals surface area contributed by atoms with E-state index >= 15 is 0 Å². The van der Waals surface area contributed by atoms with Crippen LogP contribution in [0.25, 0.3) is 22.2 Å². The molecule has 1 aliphatic rings. The van der Waals surface area contributed by atoms with Gasteiger partial charge in [0.25, 0.3) is 5.91 Å². The molecule has 1 aromatic carbocycles. The fourth-order valence-electron chi connectivity index (χ4n) is 3.30. The van der Waals surface area contributed by atoms with Gasteiger partial charge in [-0.1, -0.05) is 31.8 Å². The number of hydrogen-bond donors (Lipinski definition) is 0. The van der Waals surface area contributed by atoms with Crippen molar-refractivity contribution in [3.63, 3.8) is 0 Å². The van der Waals surface area contributed by atoms with E-state index in [4.69, 9.17) is 9.15 Å². The van der Waals surface area contributed by atoms with Crippen LogP contribution in [0.5, 0.6) is 0 Å². The number of rotatable bonds is 3. The number of aromatic nitrogens is 1. The summed E-state index contributed by atoms with van der Waals surface area (Å²) in [6.45, 7) is 9.25. The Morgan fingerprint density at radius 3 is 2.63 bits per heavy atom. The number of morpholine rings is 1. The van der Waals surface area contributed by atoms with Gasteiger partial charge in [0.2, 0.25) is 0 Å². The largest absolute Gasteiger partial charge is 0.464 e. The zero-order valence-corrected chi connectivity index (χ0v) is 17.0. The molecule has 0 atom stereocenters. The van der Waals surface area contributed by atoms with Gasteiger partial charge in [-0.05, 0) is 23.8 Å². The van der Waals surface area contributed by atoms with Crippen molar-refractivity contribution in [2.45, 2.75) is 19.6 Å². The molecule has 0 radical (unpaired) electrons.